The van der Waals surface area contributed by atoms with Crippen LogP contribution in [0.5, 0.6) is 5.75 Å². The van der Waals surface area contributed by atoms with Crippen LogP contribution in [-0.2, 0) is 12.8 Å². The third-order valence-corrected chi connectivity index (χ3v) is 7.62. The van der Waals surface area contributed by atoms with Crippen LogP contribution in [-0.4, -0.2) is 22.5 Å². The first-order chi connectivity index (χ1) is 17.5. The van der Waals surface area contributed by atoms with E-state index in [1.165, 1.54) is 16.9 Å². The summed E-state index contributed by atoms with van der Waals surface area (Å²) in [4.78, 5) is 33.4. The molecule has 3 aromatic carbocycles. The van der Waals surface area contributed by atoms with Gasteiger partial charge >= 0.3 is 0 Å². The van der Waals surface area contributed by atoms with Gasteiger partial charge in [-0.15, -0.1) is 11.3 Å². The number of H-pyrrole nitrogens is 1. The number of carbonyl (C=O) groups excluding carboxylic acids is 1. The molecule has 0 fully saturated rings. The van der Waals surface area contributed by atoms with Crippen LogP contribution in [0.1, 0.15) is 32.1 Å². The molecule has 0 radical (unpaired) electrons. The fourth-order valence-electron chi connectivity index (χ4n) is 4.63. The number of rotatable bonds is 5. The van der Waals surface area contributed by atoms with E-state index in [1.807, 2.05) is 67.6 Å². The lowest BCUT2D eigenvalue weighted by atomic mass is 10.0. The Bertz CT molecular complexity index is 1690. The molecular weight excluding hydrogens is 470 g/mol. The van der Waals surface area contributed by atoms with Crippen LogP contribution >= 0.6 is 11.3 Å². The molecule has 6 rings (SSSR count). The van der Waals surface area contributed by atoms with Crippen molar-refractivity contribution in [1.82, 2.24) is 9.97 Å². The van der Waals surface area contributed by atoms with E-state index in [-0.39, 0.29) is 11.5 Å². The molecule has 1 amide bonds. The van der Waals surface area contributed by atoms with Gasteiger partial charge in [0.2, 0.25) is 0 Å². The SMILES string of the molecule is Cc1nc(-c2ccc3c(c2)CCO3)sc1C(=O)Nc1cccc(Cc2c[nH]c(=O)c3ccccc23)c1. The molecule has 0 unspecified atom stereocenters. The topological polar surface area (TPSA) is 84.1 Å². The Morgan fingerprint density at radius 2 is 1.94 bits per heavy atom. The summed E-state index contributed by atoms with van der Waals surface area (Å²) in [7, 11) is 0. The third kappa shape index (κ3) is 4.18. The monoisotopic (exact) mass is 493 g/mol. The summed E-state index contributed by atoms with van der Waals surface area (Å²) in [5.74, 6) is 0.757. The second-order valence-corrected chi connectivity index (χ2v) is 9.87. The first-order valence-electron chi connectivity index (χ1n) is 11.8. The maximum Gasteiger partial charge on any atom is 0.267 e. The molecule has 6 nitrogen and oxygen atoms in total. The number of aromatic nitrogens is 2. The van der Waals surface area contributed by atoms with Crippen LogP contribution in [0.25, 0.3) is 21.3 Å². The molecule has 0 saturated carbocycles. The standard InChI is InChI=1S/C29H23N3O3S/c1-17-26(36-29(31-17)20-9-10-25-19(15-20)11-12-35-25)28(34)32-22-6-4-5-18(14-22)13-21-16-30-27(33)24-8-3-2-7-23(21)24/h2-10,14-16H,11-13H2,1H3,(H,30,33)(H,32,34). The summed E-state index contributed by atoms with van der Waals surface area (Å²) in [5.41, 5.74) is 5.57. The lowest BCUT2D eigenvalue weighted by Crippen LogP contribution is -2.11. The van der Waals surface area contributed by atoms with Crippen molar-refractivity contribution < 1.29 is 9.53 Å². The van der Waals surface area contributed by atoms with E-state index in [2.05, 4.69) is 21.4 Å². The van der Waals surface area contributed by atoms with Gasteiger partial charge in [0.1, 0.15) is 15.6 Å². The Balaban J connectivity index is 1.22. The molecule has 0 saturated heterocycles. The molecule has 5 aromatic rings. The summed E-state index contributed by atoms with van der Waals surface area (Å²) in [6.07, 6.45) is 3.29. The number of amides is 1. The number of nitrogens with zero attached hydrogens (tertiary/aromatic N) is 1. The molecule has 36 heavy (non-hydrogen) atoms. The Kier molecular flexibility index (Phi) is 5.62. The van der Waals surface area contributed by atoms with Gasteiger partial charge in [-0.25, -0.2) is 4.98 Å². The highest BCUT2D eigenvalue weighted by Gasteiger charge is 2.19. The molecule has 0 atom stereocenters. The van der Waals surface area contributed by atoms with E-state index < -0.39 is 0 Å². The highest BCUT2D eigenvalue weighted by Crippen LogP contribution is 2.34. The van der Waals surface area contributed by atoms with Crippen LogP contribution in [0.15, 0.2) is 77.7 Å². The number of hydrogen-bond acceptors (Lipinski definition) is 5. The first kappa shape index (κ1) is 22.2. The number of fused-ring (bicyclic) bond motifs is 2. The van der Waals surface area contributed by atoms with Gasteiger partial charge in [0.25, 0.3) is 11.5 Å². The number of anilines is 1. The normalized spacial score (nSPS) is 12.4. The van der Waals surface area contributed by atoms with Crippen molar-refractivity contribution in [3.8, 4) is 16.3 Å². The lowest BCUT2D eigenvalue weighted by Gasteiger charge is -2.09. The predicted molar refractivity (Wildman–Crippen MR) is 143 cm³/mol. The largest absolute Gasteiger partial charge is 0.493 e. The summed E-state index contributed by atoms with van der Waals surface area (Å²) < 4.78 is 5.60. The molecule has 2 aromatic heterocycles. The quantitative estimate of drug-likeness (QED) is 0.327. The fourth-order valence-corrected chi connectivity index (χ4v) is 5.59. The van der Waals surface area contributed by atoms with Gasteiger partial charge in [-0.05, 0) is 71.8 Å². The third-order valence-electron chi connectivity index (χ3n) is 6.41. The Morgan fingerprint density at radius 3 is 2.83 bits per heavy atom. The van der Waals surface area contributed by atoms with Crippen molar-refractivity contribution >= 4 is 33.7 Å². The van der Waals surface area contributed by atoms with Gasteiger partial charge in [-0.3, -0.25) is 9.59 Å². The van der Waals surface area contributed by atoms with E-state index >= 15 is 0 Å². The van der Waals surface area contributed by atoms with Gasteiger partial charge in [0.15, 0.2) is 0 Å². The number of nitrogens with one attached hydrogen (secondary N) is 2. The van der Waals surface area contributed by atoms with E-state index in [0.29, 0.717) is 29.0 Å². The maximum atomic E-state index is 13.1. The van der Waals surface area contributed by atoms with Gasteiger partial charge < -0.3 is 15.0 Å². The van der Waals surface area contributed by atoms with Crippen LogP contribution in [0, 0.1) is 6.92 Å². The summed E-state index contributed by atoms with van der Waals surface area (Å²) >= 11 is 1.40. The summed E-state index contributed by atoms with van der Waals surface area (Å²) in [5, 5.41) is 5.46. The lowest BCUT2D eigenvalue weighted by molar-refractivity contribution is 0.103. The number of pyridine rings is 1. The molecule has 0 aliphatic carbocycles. The van der Waals surface area contributed by atoms with Gasteiger partial charge in [-0.2, -0.15) is 0 Å². The molecule has 7 heteroatoms. The van der Waals surface area contributed by atoms with Crippen LogP contribution in [0.3, 0.4) is 0 Å². The highest BCUT2D eigenvalue weighted by molar-refractivity contribution is 7.17. The number of ether oxygens (including phenoxy) is 1. The van der Waals surface area contributed by atoms with Gasteiger partial charge in [0, 0.05) is 29.3 Å². The van der Waals surface area contributed by atoms with Crippen molar-refractivity contribution in [3.63, 3.8) is 0 Å². The summed E-state index contributed by atoms with van der Waals surface area (Å²) in [6.45, 7) is 2.57. The minimum Gasteiger partial charge on any atom is -0.493 e. The Morgan fingerprint density at radius 1 is 1.08 bits per heavy atom. The van der Waals surface area contributed by atoms with Crippen molar-refractivity contribution in [1.29, 1.82) is 0 Å². The van der Waals surface area contributed by atoms with Crippen LogP contribution in [0.2, 0.25) is 0 Å². The van der Waals surface area contributed by atoms with Crippen LogP contribution < -0.4 is 15.6 Å². The Hall–Kier alpha value is -4.23. The second kappa shape index (κ2) is 9.09. The Labute approximate surface area is 211 Å². The number of thiazole rings is 1. The number of hydrogen-bond donors (Lipinski definition) is 2. The average molecular weight is 494 g/mol. The minimum atomic E-state index is -0.174. The molecule has 3 heterocycles. The molecule has 178 valence electrons. The highest BCUT2D eigenvalue weighted by atomic mass is 32.1. The van der Waals surface area contributed by atoms with Crippen molar-refractivity contribution in [2.75, 3.05) is 11.9 Å². The van der Waals surface area contributed by atoms with Gasteiger partial charge in [-0.1, -0.05) is 30.3 Å². The van der Waals surface area contributed by atoms with Crippen molar-refractivity contribution in [3.05, 3.63) is 111 Å². The zero-order valence-corrected chi connectivity index (χ0v) is 20.4. The van der Waals surface area contributed by atoms with E-state index in [0.717, 1.165) is 44.9 Å². The number of carbonyl (C=O) groups is 1. The van der Waals surface area contributed by atoms with Gasteiger partial charge in [0.05, 0.1) is 12.3 Å². The second-order valence-electron chi connectivity index (χ2n) is 8.87. The maximum absolute atomic E-state index is 13.1. The molecule has 1 aliphatic heterocycles. The number of benzene rings is 3. The molecule has 2 N–H and O–H groups in total. The van der Waals surface area contributed by atoms with E-state index in [1.54, 1.807) is 6.20 Å². The molecule has 1 aliphatic rings. The average Bonchev–Trinajstić information content (AvgIpc) is 3.52. The van der Waals surface area contributed by atoms with Crippen molar-refractivity contribution in [2.45, 2.75) is 19.8 Å². The zero-order valence-electron chi connectivity index (χ0n) is 19.6. The smallest absolute Gasteiger partial charge is 0.267 e. The molecule has 0 bridgehead atoms. The zero-order chi connectivity index (χ0) is 24.6. The fraction of sp³-hybridized carbons (Fsp3) is 0.138. The van der Waals surface area contributed by atoms with E-state index in [9.17, 15) is 9.59 Å². The predicted octanol–water partition coefficient (Wildman–Crippen LogP) is 5.74. The first-order valence-corrected chi connectivity index (χ1v) is 12.6. The van der Waals surface area contributed by atoms with E-state index in [4.69, 9.17) is 4.74 Å². The number of aryl methyl sites for hydroxylation is 1. The summed E-state index contributed by atoms with van der Waals surface area (Å²) in [6, 6.07) is 21.5. The van der Waals surface area contributed by atoms with Crippen LogP contribution in [0.4, 0.5) is 5.69 Å². The number of aromatic amines is 1. The molecular formula is C29H23N3O3S. The minimum absolute atomic E-state index is 0.0946. The molecule has 0 spiro atoms. The van der Waals surface area contributed by atoms with Crippen molar-refractivity contribution in [2.24, 2.45) is 0 Å².